The predicted molar refractivity (Wildman–Crippen MR) is 33.6 cm³/mol. The lowest BCUT2D eigenvalue weighted by molar-refractivity contribution is -0.426. The van der Waals surface area contributed by atoms with Crippen molar-refractivity contribution in [3.05, 3.63) is 0 Å². The van der Waals surface area contributed by atoms with Gasteiger partial charge in [-0.15, -0.1) is 0 Å². The van der Waals surface area contributed by atoms with Gasteiger partial charge in [-0.05, 0) is 0 Å². The summed E-state index contributed by atoms with van der Waals surface area (Å²) < 4.78 is 114. The Balaban J connectivity index is 3.43. The van der Waals surface area contributed by atoms with E-state index in [0.29, 0.717) is 0 Å². The molecule has 1 fully saturated rings. The van der Waals surface area contributed by atoms with Crippen LogP contribution in [0.1, 0.15) is 0 Å². The van der Waals surface area contributed by atoms with Gasteiger partial charge in [-0.2, -0.15) is 35.1 Å². The van der Waals surface area contributed by atoms with Crippen LogP contribution in [-0.2, 0) is 4.43 Å². The summed E-state index contributed by atoms with van der Waals surface area (Å²) >= 11 is 4.07. The standard InChI is InChI=1S/C4ClF9OSi/c5-16(14)4(12,13)2(8,9)1(6,7)3(10,11)15-16. The minimum absolute atomic E-state index is 2.35. The summed E-state index contributed by atoms with van der Waals surface area (Å²) in [5, 5.41) is 0. The first-order chi connectivity index (χ1) is 6.71. The number of alkyl halides is 8. The largest absolute Gasteiger partial charge is 0.565 e. The van der Waals surface area contributed by atoms with E-state index in [1.54, 1.807) is 0 Å². The topological polar surface area (TPSA) is 9.23 Å². The molecule has 1 aliphatic rings. The second-order valence-electron chi connectivity index (χ2n) is 2.86. The molecule has 1 rings (SSSR count). The van der Waals surface area contributed by atoms with Crippen LogP contribution in [0.3, 0.4) is 0 Å². The van der Waals surface area contributed by atoms with E-state index in [1.165, 1.54) is 0 Å². The number of hydrogen-bond acceptors (Lipinski definition) is 1. The van der Waals surface area contributed by atoms with Crippen LogP contribution < -0.4 is 0 Å². The van der Waals surface area contributed by atoms with Crippen molar-refractivity contribution in [2.75, 3.05) is 0 Å². The third-order valence-corrected chi connectivity index (χ3v) is 4.28. The van der Waals surface area contributed by atoms with Crippen molar-refractivity contribution in [3.8, 4) is 0 Å². The highest BCUT2D eigenvalue weighted by Gasteiger charge is 2.94. The highest BCUT2D eigenvalue weighted by Crippen LogP contribution is 2.61. The van der Waals surface area contributed by atoms with Gasteiger partial charge in [0.2, 0.25) is 0 Å². The van der Waals surface area contributed by atoms with E-state index in [-0.39, 0.29) is 0 Å². The van der Waals surface area contributed by atoms with Crippen LogP contribution in [0.25, 0.3) is 0 Å². The van der Waals surface area contributed by atoms with Gasteiger partial charge in [-0.25, -0.2) is 0 Å². The van der Waals surface area contributed by atoms with E-state index in [2.05, 4.69) is 15.5 Å². The van der Waals surface area contributed by atoms with E-state index in [1.807, 2.05) is 0 Å². The Morgan fingerprint density at radius 3 is 1.56 bits per heavy atom. The zero-order valence-corrected chi connectivity index (χ0v) is 8.44. The normalized spacial score (nSPS) is 39.4. The molecule has 12 heteroatoms. The molecule has 0 aromatic rings. The summed E-state index contributed by atoms with van der Waals surface area (Å²) in [7, 11) is -7.02. The highest BCUT2D eigenvalue weighted by molar-refractivity contribution is 7.14. The first-order valence-corrected chi connectivity index (χ1v) is 6.10. The van der Waals surface area contributed by atoms with Crippen LogP contribution in [0.5, 0.6) is 0 Å². The van der Waals surface area contributed by atoms with Gasteiger partial charge in [0.05, 0.1) is 0 Å². The van der Waals surface area contributed by atoms with Crippen LogP contribution in [-0.4, -0.2) is 31.5 Å². The molecule has 1 aliphatic heterocycles. The Kier molecular flexibility index (Phi) is 2.60. The summed E-state index contributed by atoms with van der Waals surface area (Å²) in [6.07, 6.45) is -6.11. The Labute approximate surface area is 87.1 Å². The smallest absolute Gasteiger partial charge is 0.312 e. The van der Waals surface area contributed by atoms with Gasteiger partial charge in [0.1, 0.15) is 0 Å². The maximum absolute atomic E-state index is 12.6. The van der Waals surface area contributed by atoms with Crippen LogP contribution >= 0.6 is 11.1 Å². The maximum atomic E-state index is 12.6. The van der Waals surface area contributed by atoms with Gasteiger partial charge in [-0.1, -0.05) is 11.1 Å². The lowest BCUT2D eigenvalue weighted by Crippen LogP contribution is -2.76. The molecule has 1 heterocycles. The summed E-state index contributed by atoms with van der Waals surface area (Å²) in [6, 6.07) is 0. The van der Waals surface area contributed by atoms with Gasteiger partial charge < -0.3 is 4.43 Å². The molecule has 0 N–H and O–H groups in total. The molecule has 1 unspecified atom stereocenters. The Hall–Kier alpha value is -0.163. The molecule has 0 aromatic heterocycles. The zero-order chi connectivity index (χ0) is 13.2. The molecule has 1 saturated heterocycles. The highest BCUT2D eigenvalue weighted by atomic mass is 35.6. The molecule has 96 valence electrons. The quantitative estimate of drug-likeness (QED) is 0.379. The Morgan fingerprint density at radius 2 is 1.19 bits per heavy atom. The maximum Gasteiger partial charge on any atom is 0.565 e. The van der Waals surface area contributed by atoms with Crippen molar-refractivity contribution in [2.45, 2.75) is 23.5 Å². The zero-order valence-electron chi connectivity index (χ0n) is 6.69. The van der Waals surface area contributed by atoms with Crippen molar-refractivity contribution in [1.29, 1.82) is 0 Å². The lowest BCUT2D eigenvalue weighted by atomic mass is 10.1. The molecular formula is C4ClF9OSi. The molecule has 1 nitrogen and oxygen atoms in total. The fourth-order valence-corrected chi connectivity index (χ4v) is 2.60. The van der Waals surface area contributed by atoms with Crippen LogP contribution in [0.15, 0.2) is 0 Å². The first kappa shape index (κ1) is 13.9. The Bertz CT molecular complexity index is 287. The molecule has 1 atom stereocenters. The van der Waals surface area contributed by atoms with E-state index < -0.39 is 31.5 Å². The number of hydrogen-bond donors (Lipinski definition) is 0. The molecule has 0 radical (unpaired) electrons. The number of halogens is 10. The van der Waals surface area contributed by atoms with Crippen molar-refractivity contribution in [3.63, 3.8) is 0 Å². The fraction of sp³-hybridized carbons (Fsp3) is 1.00. The fourth-order valence-electron chi connectivity index (χ4n) is 0.852. The monoisotopic (exact) mass is 298 g/mol. The second-order valence-corrected chi connectivity index (χ2v) is 6.18. The molecule has 0 spiro atoms. The van der Waals surface area contributed by atoms with Crippen molar-refractivity contribution in [2.24, 2.45) is 0 Å². The van der Waals surface area contributed by atoms with E-state index >= 15 is 0 Å². The van der Waals surface area contributed by atoms with E-state index in [0.717, 1.165) is 0 Å². The molecule has 0 amide bonds. The van der Waals surface area contributed by atoms with Gasteiger partial charge in [0.25, 0.3) is 0 Å². The molecule has 0 saturated carbocycles. The van der Waals surface area contributed by atoms with Crippen LogP contribution in [0, 0.1) is 0 Å². The lowest BCUT2D eigenvalue weighted by Gasteiger charge is -2.44. The van der Waals surface area contributed by atoms with Gasteiger partial charge in [0.15, 0.2) is 0 Å². The summed E-state index contributed by atoms with van der Waals surface area (Å²) in [5.41, 5.74) is -6.19. The number of rotatable bonds is 0. The average molecular weight is 299 g/mol. The van der Waals surface area contributed by atoms with Crippen LogP contribution in [0.4, 0.5) is 39.2 Å². The summed E-state index contributed by atoms with van der Waals surface area (Å²) in [5.74, 6) is -13.2. The minimum Gasteiger partial charge on any atom is -0.312 e. The van der Waals surface area contributed by atoms with E-state index in [4.69, 9.17) is 0 Å². The SMILES string of the molecule is FC1(F)O[Si](F)(Cl)C(F)(F)C(F)(F)C1(F)F. The van der Waals surface area contributed by atoms with Gasteiger partial charge >= 0.3 is 31.5 Å². The van der Waals surface area contributed by atoms with E-state index in [9.17, 15) is 39.2 Å². The second kappa shape index (κ2) is 2.99. The van der Waals surface area contributed by atoms with Crippen molar-refractivity contribution in [1.82, 2.24) is 0 Å². The van der Waals surface area contributed by atoms with Crippen molar-refractivity contribution >= 4 is 19.0 Å². The molecule has 16 heavy (non-hydrogen) atoms. The van der Waals surface area contributed by atoms with Crippen molar-refractivity contribution < 1.29 is 43.7 Å². The summed E-state index contributed by atoms with van der Waals surface area (Å²) in [6.45, 7) is 0. The summed E-state index contributed by atoms with van der Waals surface area (Å²) in [4.78, 5) is 0. The molecule has 0 aliphatic carbocycles. The predicted octanol–water partition coefficient (Wildman–Crippen LogP) is 3.20. The molecule has 0 bridgehead atoms. The minimum atomic E-state index is -7.02. The molecule has 0 aromatic carbocycles. The van der Waals surface area contributed by atoms with Gasteiger partial charge in [-0.3, -0.25) is 4.11 Å². The third-order valence-electron chi connectivity index (χ3n) is 1.78. The average Bonchev–Trinajstić information content (AvgIpc) is 1.98. The Morgan fingerprint density at radius 1 is 0.812 bits per heavy atom. The van der Waals surface area contributed by atoms with Crippen LogP contribution in [0.2, 0.25) is 0 Å². The molecular weight excluding hydrogens is 299 g/mol. The third kappa shape index (κ3) is 1.30. The first-order valence-electron chi connectivity index (χ1n) is 3.30. The van der Waals surface area contributed by atoms with Gasteiger partial charge in [0, 0.05) is 0 Å².